The largest absolute Gasteiger partial charge is 0.332 e. The Morgan fingerprint density at radius 3 is 1.96 bits per heavy atom. The molecule has 0 saturated heterocycles. The van der Waals surface area contributed by atoms with Crippen molar-refractivity contribution in [3.05, 3.63) is 60.7 Å². The van der Waals surface area contributed by atoms with Crippen LogP contribution in [0.3, 0.4) is 0 Å². The molecular weight excluding hydrogens is 420 g/mol. The van der Waals surface area contributed by atoms with Gasteiger partial charge in [0.05, 0.1) is 9.79 Å². The van der Waals surface area contributed by atoms with E-state index in [1.807, 2.05) is 42.5 Å². The highest BCUT2D eigenvalue weighted by atomic mass is 32.2. The van der Waals surface area contributed by atoms with Crippen molar-refractivity contribution < 1.29 is 16.8 Å². The fourth-order valence-corrected chi connectivity index (χ4v) is 4.06. The Labute approximate surface area is 167 Å². The Morgan fingerprint density at radius 1 is 0.786 bits per heavy atom. The number of hydrogen-bond donors (Lipinski definition) is 4. The molecule has 0 radical (unpaired) electrons. The quantitative estimate of drug-likeness (QED) is 0.457. The zero-order valence-electron chi connectivity index (χ0n) is 14.3. The van der Waals surface area contributed by atoms with Gasteiger partial charge in [-0.1, -0.05) is 36.4 Å². The molecule has 0 atom stereocenters. The summed E-state index contributed by atoms with van der Waals surface area (Å²) >= 11 is 5.27. The SMILES string of the molecule is NS(=O)(=O)c1cc(NC(=S)Nc2cccc3ccccc23)cc(S(N)(=O)=O)c1. The van der Waals surface area contributed by atoms with Gasteiger partial charge in [-0.05, 0) is 41.9 Å². The highest BCUT2D eigenvalue weighted by Gasteiger charge is 2.17. The summed E-state index contributed by atoms with van der Waals surface area (Å²) in [6.07, 6.45) is 0. The molecule has 0 saturated carbocycles. The van der Waals surface area contributed by atoms with Crippen LogP contribution in [0.25, 0.3) is 10.8 Å². The molecular formula is C17H16N4O4S3. The maximum atomic E-state index is 11.7. The first-order valence-electron chi connectivity index (χ1n) is 7.80. The van der Waals surface area contributed by atoms with Crippen LogP contribution in [0.5, 0.6) is 0 Å². The van der Waals surface area contributed by atoms with Crippen molar-refractivity contribution >= 4 is 59.5 Å². The maximum absolute atomic E-state index is 11.7. The van der Waals surface area contributed by atoms with Crippen molar-refractivity contribution in [3.63, 3.8) is 0 Å². The van der Waals surface area contributed by atoms with Gasteiger partial charge in [0.15, 0.2) is 5.11 Å². The van der Waals surface area contributed by atoms with Gasteiger partial charge in [0, 0.05) is 16.8 Å². The molecule has 6 N–H and O–H groups in total. The summed E-state index contributed by atoms with van der Waals surface area (Å²) < 4.78 is 46.6. The van der Waals surface area contributed by atoms with Crippen LogP contribution in [0.4, 0.5) is 11.4 Å². The Kier molecular flexibility index (Phi) is 5.37. The second-order valence-electron chi connectivity index (χ2n) is 5.89. The van der Waals surface area contributed by atoms with Crippen molar-refractivity contribution in [2.45, 2.75) is 9.79 Å². The van der Waals surface area contributed by atoms with Crippen LogP contribution in [0, 0.1) is 0 Å². The third-order valence-corrected chi connectivity index (χ3v) is 5.82. The lowest BCUT2D eigenvalue weighted by Gasteiger charge is -2.14. The minimum absolute atomic E-state index is 0.105. The van der Waals surface area contributed by atoms with Gasteiger partial charge in [0.1, 0.15) is 0 Å². The van der Waals surface area contributed by atoms with E-state index in [4.69, 9.17) is 22.5 Å². The molecule has 3 rings (SSSR count). The molecule has 28 heavy (non-hydrogen) atoms. The average molecular weight is 437 g/mol. The average Bonchev–Trinajstić information content (AvgIpc) is 2.60. The van der Waals surface area contributed by atoms with Crippen LogP contribution in [-0.4, -0.2) is 21.9 Å². The summed E-state index contributed by atoms with van der Waals surface area (Å²) in [6, 6.07) is 16.5. The predicted octanol–water partition coefficient (Wildman–Crippen LogP) is 1.94. The number of benzene rings is 3. The van der Waals surface area contributed by atoms with E-state index in [-0.39, 0.29) is 10.8 Å². The van der Waals surface area contributed by atoms with Crippen LogP contribution >= 0.6 is 12.2 Å². The van der Waals surface area contributed by atoms with Gasteiger partial charge < -0.3 is 10.6 Å². The Hall–Kier alpha value is -2.57. The number of nitrogens with one attached hydrogen (secondary N) is 2. The van der Waals surface area contributed by atoms with E-state index in [0.29, 0.717) is 0 Å². The van der Waals surface area contributed by atoms with E-state index in [1.165, 1.54) is 12.1 Å². The predicted molar refractivity (Wildman–Crippen MR) is 113 cm³/mol. The van der Waals surface area contributed by atoms with Crippen LogP contribution in [0.15, 0.2) is 70.5 Å². The van der Waals surface area contributed by atoms with Crippen LogP contribution in [0.1, 0.15) is 0 Å². The lowest BCUT2D eigenvalue weighted by atomic mass is 10.1. The van der Waals surface area contributed by atoms with Crippen molar-refractivity contribution in [1.29, 1.82) is 0 Å². The number of sulfonamides is 2. The monoisotopic (exact) mass is 436 g/mol. The molecule has 0 amide bonds. The third kappa shape index (κ3) is 4.64. The number of primary sulfonamides is 2. The van der Waals surface area contributed by atoms with Gasteiger partial charge >= 0.3 is 0 Å². The van der Waals surface area contributed by atoms with E-state index < -0.39 is 29.8 Å². The van der Waals surface area contributed by atoms with Crippen LogP contribution in [0.2, 0.25) is 0 Å². The van der Waals surface area contributed by atoms with Crippen LogP contribution in [-0.2, 0) is 20.0 Å². The first-order chi connectivity index (χ1) is 13.0. The number of anilines is 2. The number of nitrogens with two attached hydrogens (primary N) is 2. The summed E-state index contributed by atoms with van der Waals surface area (Å²) in [4.78, 5) is -0.816. The topological polar surface area (TPSA) is 144 Å². The molecule has 3 aromatic rings. The fourth-order valence-electron chi connectivity index (χ4n) is 2.59. The highest BCUT2D eigenvalue weighted by Crippen LogP contribution is 2.24. The minimum Gasteiger partial charge on any atom is -0.332 e. The van der Waals surface area contributed by atoms with E-state index in [2.05, 4.69) is 10.6 Å². The minimum atomic E-state index is -4.16. The molecule has 11 heteroatoms. The molecule has 0 aliphatic rings. The number of fused-ring (bicyclic) bond motifs is 1. The Balaban J connectivity index is 1.93. The zero-order valence-corrected chi connectivity index (χ0v) is 16.7. The molecule has 146 valence electrons. The van der Waals surface area contributed by atoms with Crippen molar-refractivity contribution in [2.24, 2.45) is 10.3 Å². The van der Waals surface area contributed by atoms with Gasteiger partial charge in [0.25, 0.3) is 0 Å². The molecule has 3 aromatic carbocycles. The Morgan fingerprint density at radius 2 is 1.36 bits per heavy atom. The summed E-state index contributed by atoms with van der Waals surface area (Å²) in [5.41, 5.74) is 0.832. The second-order valence-corrected chi connectivity index (χ2v) is 9.42. The standard InChI is InChI=1S/C17H16N4O4S3/c18-27(22,23)13-8-12(9-14(10-13)28(19,24)25)20-17(26)21-16-7-3-5-11-4-1-2-6-15(11)16/h1-10H,(H2,18,22,23)(H2,19,24,25)(H2,20,21,26). The van der Waals surface area contributed by atoms with E-state index in [0.717, 1.165) is 22.5 Å². The maximum Gasteiger partial charge on any atom is 0.238 e. The highest BCUT2D eigenvalue weighted by molar-refractivity contribution is 7.90. The van der Waals surface area contributed by atoms with Gasteiger partial charge in [-0.3, -0.25) is 0 Å². The van der Waals surface area contributed by atoms with Crippen LogP contribution < -0.4 is 20.9 Å². The zero-order chi connectivity index (χ0) is 20.5. The lowest BCUT2D eigenvalue weighted by molar-refractivity contribution is 0.596. The molecule has 0 unspecified atom stereocenters. The van der Waals surface area contributed by atoms with Gasteiger partial charge in [0.2, 0.25) is 20.0 Å². The molecule has 0 aliphatic carbocycles. The van der Waals surface area contributed by atoms with E-state index >= 15 is 0 Å². The van der Waals surface area contributed by atoms with E-state index in [1.54, 1.807) is 0 Å². The summed E-state index contributed by atoms with van der Waals surface area (Å²) in [6.45, 7) is 0. The molecule has 0 bridgehead atoms. The third-order valence-electron chi connectivity index (χ3n) is 3.83. The molecule has 0 heterocycles. The summed E-state index contributed by atoms with van der Waals surface area (Å²) in [7, 11) is -8.31. The molecule has 0 fully saturated rings. The van der Waals surface area contributed by atoms with Crippen molar-refractivity contribution in [1.82, 2.24) is 0 Å². The summed E-state index contributed by atoms with van der Waals surface area (Å²) in [5, 5.41) is 18.1. The first-order valence-corrected chi connectivity index (χ1v) is 11.3. The number of rotatable bonds is 4. The smallest absolute Gasteiger partial charge is 0.238 e. The van der Waals surface area contributed by atoms with Gasteiger partial charge in [-0.2, -0.15) is 0 Å². The first kappa shape index (κ1) is 20.2. The fraction of sp³-hybridized carbons (Fsp3) is 0. The van der Waals surface area contributed by atoms with Crippen molar-refractivity contribution in [2.75, 3.05) is 10.6 Å². The molecule has 0 spiro atoms. The number of thiocarbonyl (C=S) groups is 1. The van der Waals surface area contributed by atoms with Crippen molar-refractivity contribution in [3.8, 4) is 0 Å². The normalized spacial score (nSPS) is 11.9. The molecule has 0 aliphatic heterocycles. The lowest BCUT2D eigenvalue weighted by Crippen LogP contribution is -2.21. The summed E-state index contributed by atoms with van der Waals surface area (Å²) in [5.74, 6) is 0. The Bertz CT molecular complexity index is 1230. The van der Waals surface area contributed by atoms with Gasteiger partial charge in [-0.25, -0.2) is 27.1 Å². The molecule has 0 aromatic heterocycles. The molecule has 8 nitrogen and oxygen atoms in total. The van der Waals surface area contributed by atoms with E-state index in [9.17, 15) is 16.8 Å². The second kappa shape index (κ2) is 7.45. The number of hydrogen-bond acceptors (Lipinski definition) is 5. The van der Waals surface area contributed by atoms with Gasteiger partial charge in [-0.15, -0.1) is 0 Å².